The minimum atomic E-state index is -5.39. The zero-order valence-electron chi connectivity index (χ0n) is 20.3. The van der Waals surface area contributed by atoms with Crippen LogP contribution in [0.4, 0.5) is 0 Å². The van der Waals surface area contributed by atoms with E-state index in [4.69, 9.17) is 20.9 Å². The molecule has 228 valence electrons. The van der Waals surface area contributed by atoms with E-state index in [1.165, 1.54) is 0 Å². The lowest BCUT2D eigenvalue weighted by Crippen LogP contribution is -2.34. The summed E-state index contributed by atoms with van der Waals surface area (Å²) in [6, 6.07) is 0. The van der Waals surface area contributed by atoms with Gasteiger partial charge >= 0.3 is 15.6 Å². The van der Waals surface area contributed by atoms with Crippen LogP contribution in [0.15, 0.2) is 12.7 Å². The smallest absolute Gasteiger partial charge is 0.387 e. The number of aliphatic hydroxyl groups is 4. The minimum absolute atomic E-state index is 0.418. The van der Waals surface area contributed by atoms with Crippen molar-refractivity contribution in [2.45, 2.75) is 49.1 Å². The summed E-state index contributed by atoms with van der Waals surface area (Å²) in [4.78, 5) is 49.2. The Bertz CT molecular complexity index is 1270. The summed E-state index contributed by atoms with van der Waals surface area (Å²) in [5, 5.41) is 48.1. The summed E-state index contributed by atoms with van der Waals surface area (Å²) in [5.74, 6) is -2.80. The van der Waals surface area contributed by atoms with Crippen molar-refractivity contribution in [2.24, 2.45) is 11.5 Å². The Balaban J connectivity index is 1.29. The second kappa shape index (κ2) is 11.9. The van der Waals surface area contributed by atoms with Crippen molar-refractivity contribution in [3.05, 3.63) is 24.3 Å². The number of phosphoric ester groups is 2. The normalized spacial score (nSPS) is 32.9. The fraction of sp³-hybridized carbons (Fsp3) is 0.625. The van der Waals surface area contributed by atoms with Crippen molar-refractivity contribution >= 4 is 27.5 Å². The third-order valence-electron chi connectivity index (χ3n) is 5.66. The Morgan fingerprint density at radius 1 is 0.780 bits per heavy atom. The number of aromatic nitrogens is 6. The third kappa shape index (κ3) is 7.01. The molecule has 0 aliphatic carbocycles. The predicted molar refractivity (Wildman–Crippen MR) is 122 cm³/mol. The monoisotopic (exact) mass is 630 g/mol. The van der Waals surface area contributed by atoms with Crippen molar-refractivity contribution in [3.8, 4) is 0 Å². The lowest BCUT2D eigenvalue weighted by molar-refractivity contribution is -0.0604. The van der Waals surface area contributed by atoms with Crippen molar-refractivity contribution < 1.29 is 71.8 Å². The molecule has 10 N–H and O–H groups in total. The van der Waals surface area contributed by atoms with Gasteiger partial charge in [0.15, 0.2) is 12.5 Å². The fourth-order valence-electron chi connectivity index (χ4n) is 3.70. The number of amides is 2. The van der Waals surface area contributed by atoms with Crippen LogP contribution in [-0.2, 0) is 32.0 Å². The van der Waals surface area contributed by atoms with Gasteiger partial charge in [-0.3, -0.25) is 18.6 Å². The van der Waals surface area contributed by atoms with E-state index in [9.17, 15) is 48.9 Å². The van der Waals surface area contributed by atoms with Crippen LogP contribution in [-0.4, -0.2) is 121 Å². The van der Waals surface area contributed by atoms with Gasteiger partial charge in [0.1, 0.15) is 49.3 Å². The molecule has 0 radical (unpaired) electrons. The van der Waals surface area contributed by atoms with Gasteiger partial charge in [-0.1, -0.05) is 0 Å². The molecule has 2 aromatic heterocycles. The molecule has 4 rings (SSSR count). The number of hydrogen-bond acceptors (Lipinski definition) is 17. The predicted octanol–water partition coefficient (Wildman–Crippen LogP) is -4.74. The molecule has 0 aromatic carbocycles. The van der Waals surface area contributed by atoms with E-state index in [0.717, 1.165) is 22.0 Å². The highest BCUT2D eigenvalue weighted by molar-refractivity contribution is 7.61. The number of ether oxygens (including phenoxy) is 2. The quantitative estimate of drug-likeness (QED) is 0.102. The number of phosphoric acid groups is 2. The molecule has 41 heavy (non-hydrogen) atoms. The van der Waals surface area contributed by atoms with Gasteiger partial charge < -0.3 is 51.2 Å². The maximum atomic E-state index is 12.3. The molecule has 2 aliphatic rings. The summed E-state index contributed by atoms with van der Waals surface area (Å²) in [6.45, 7) is -1.91. The molecule has 4 heterocycles. The number of carbonyl (C=O) groups is 2. The molecule has 0 spiro atoms. The first-order chi connectivity index (χ1) is 19.1. The Morgan fingerprint density at radius 2 is 1.15 bits per heavy atom. The molecule has 0 bridgehead atoms. The summed E-state index contributed by atoms with van der Waals surface area (Å²) in [6.07, 6.45) is -10.7. The number of aliphatic hydroxyl groups excluding tert-OH is 4. The third-order valence-corrected chi connectivity index (χ3v) is 8.27. The maximum absolute atomic E-state index is 12.3. The summed E-state index contributed by atoms with van der Waals surface area (Å²) in [5.41, 5.74) is 10.1. The molecule has 23 nitrogen and oxygen atoms in total. The van der Waals surface area contributed by atoms with Crippen LogP contribution in [0.3, 0.4) is 0 Å². The number of carbonyl (C=O) groups excluding carboxylic acids is 2. The average molecular weight is 630 g/mol. The second-order valence-corrected chi connectivity index (χ2v) is 11.6. The molecule has 2 saturated heterocycles. The van der Waals surface area contributed by atoms with E-state index < -0.39 is 101 Å². The Hall–Kier alpha value is -2.76. The molecule has 0 saturated carbocycles. The van der Waals surface area contributed by atoms with Crippen LogP contribution in [0, 0.1) is 0 Å². The average Bonchev–Trinajstić information content (AvgIpc) is 3.66. The SMILES string of the molecule is NC(=O)c1ncn([C@@H]2O[C@H](COP(=O)(O)OP(=O)(O)OC[C@H]3O[C@@H](n4cnc(C(N)=O)n4)[C@H](O)[C@@H]3O)[C@@H](O)[C@H]2O)n1. The van der Waals surface area contributed by atoms with Crippen molar-refractivity contribution in [1.29, 1.82) is 0 Å². The van der Waals surface area contributed by atoms with Gasteiger partial charge in [-0.2, -0.15) is 4.31 Å². The summed E-state index contributed by atoms with van der Waals surface area (Å²) in [7, 11) is -10.8. The number of primary amides is 2. The molecule has 2 aromatic rings. The Kier molecular flexibility index (Phi) is 9.01. The van der Waals surface area contributed by atoms with Gasteiger partial charge in [0.25, 0.3) is 11.8 Å². The minimum Gasteiger partial charge on any atom is -0.387 e. The van der Waals surface area contributed by atoms with E-state index in [-0.39, 0.29) is 0 Å². The van der Waals surface area contributed by atoms with Gasteiger partial charge in [0, 0.05) is 0 Å². The number of hydrogen-bond donors (Lipinski definition) is 8. The van der Waals surface area contributed by atoms with Crippen molar-refractivity contribution in [2.75, 3.05) is 13.2 Å². The van der Waals surface area contributed by atoms with E-state index in [0.29, 0.717) is 0 Å². The zero-order chi connectivity index (χ0) is 30.3. The first kappa shape index (κ1) is 31.2. The van der Waals surface area contributed by atoms with Crippen LogP contribution in [0.25, 0.3) is 0 Å². The molecule has 2 amide bonds. The zero-order valence-corrected chi connectivity index (χ0v) is 22.1. The highest BCUT2D eigenvalue weighted by Crippen LogP contribution is 2.60. The number of nitrogens with zero attached hydrogens (tertiary/aromatic N) is 6. The van der Waals surface area contributed by atoms with E-state index in [2.05, 4.69) is 33.5 Å². The number of nitrogens with two attached hydrogens (primary N) is 2. The maximum Gasteiger partial charge on any atom is 0.481 e. The standard InChI is InChI=1S/C16H24N8O15P2/c17-11(29)13-19-3-23(21-13)15-9(27)7(25)5(37-15)1-35-40(31,32)39-41(33,34)36-2-6-8(26)10(28)16(38-6)24-4-20-14(22-24)12(18)30/h3-10,15-16,25-28H,1-2H2,(H2,17,29)(H2,18,30)(H,31,32)(H,33,34)/t5-,6-,7-,8-,9-,10-,15-,16-/m1/s1. The fourth-order valence-corrected chi connectivity index (χ4v) is 5.80. The summed E-state index contributed by atoms with van der Waals surface area (Å²) >= 11 is 0. The topological polar surface area (TPSA) is 349 Å². The van der Waals surface area contributed by atoms with Gasteiger partial charge in [-0.05, 0) is 0 Å². The van der Waals surface area contributed by atoms with E-state index >= 15 is 0 Å². The molecular formula is C16H24N8O15P2. The highest BCUT2D eigenvalue weighted by Gasteiger charge is 2.48. The molecule has 25 heteroatoms. The first-order valence-electron chi connectivity index (χ1n) is 11.2. The first-order valence-corrected chi connectivity index (χ1v) is 14.2. The molecular weight excluding hydrogens is 606 g/mol. The molecule has 2 unspecified atom stereocenters. The lowest BCUT2D eigenvalue weighted by atomic mass is 10.1. The molecule has 2 fully saturated rings. The van der Waals surface area contributed by atoms with Gasteiger partial charge in [0.05, 0.1) is 13.2 Å². The molecule has 10 atom stereocenters. The van der Waals surface area contributed by atoms with Gasteiger partial charge in [0.2, 0.25) is 11.6 Å². The van der Waals surface area contributed by atoms with E-state index in [1.54, 1.807) is 0 Å². The van der Waals surface area contributed by atoms with Crippen LogP contribution < -0.4 is 11.5 Å². The Morgan fingerprint density at radius 3 is 1.46 bits per heavy atom. The lowest BCUT2D eigenvalue weighted by Gasteiger charge is -2.20. The van der Waals surface area contributed by atoms with E-state index in [1.807, 2.05) is 0 Å². The van der Waals surface area contributed by atoms with Crippen LogP contribution in [0.5, 0.6) is 0 Å². The van der Waals surface area contributed by atoms with Crippen molar-refractivity contribution in [3.63, 3.8) is 0 Å². The molecule has 2 aliphatic heterocycles. The Labute approximate surface area is 227 Å². The second-order valence-electron chi connectivity index (χ2n) is 8.53. The van der Waals surface area contributed by atoms with Gasteiger partial charge in [-0.15, -0.1) is 10.2 Å². The van der Waals surface area contributed by atoms with Gasteiger partial charge in [-0.25, -0.2) is 28.5 Å². The highest BCUT2D eigenvalue weighted by atomic mass is 31.3. The van der Waals surface area contributed by atoms with Crippen LogP contribution in [0.1, 0.15) is 33.7 Å². The number of rotatable bonds is 12. The van der Waals surface area contributed by atoms with Crippen molar-refractivity contribution in [1.82, 2.24) is 29.5 Å². The van der Waals surface area contributed by atoms with Crippen LogP contribution >= 0.6 is 15.6 Å². The largest absolute Gasteiger partial charge is 0.481 e. The summed E-state index contributed by atoms with van der Waals surface area (Å²) < 4.78 is 50.2. The van der Waals surface area contributed by atoms with Crippen LogP contribution in [0.2, 0.25) is 0 Å².